The van der Waals surface area contributed by atoms with Crippen molar-refractivity contribution in [2.75, 3.05) is 19.1 Å². The number of carbonyl (C=O) groups is 3. The van der Waals surface area contributed by atoms with Gasteiger partial charge in [0.05, 0.1) is 31.4 Å². The Morgan fingerprint density at radius 3 is 2.20 bits per heavy atom. The van der Waals surface area contributed by atoms with Crippen molar-refractivity contribution in [2.45, 2.75) is 6.04 Å². The van der Waals surface area contributed by atoms with E-state index < -0.39 is 23.7 Å². The van der Waals surface area contributed by atoms with Gasteiger partial charge in [-0.2, -0.15) is 0 Å². The lowest BCUT2D eigenvalue weighted by Crippen LogP contribution is -2.29. The first-order valence-electron chi connectivity index (χ1n) is 10.4. The number of rotatable bonds is 6. The number of carboxylic acids is 1. The number of methoxy groups -OCH3 is 2. The van der Waals surface area contributed by atoms with Crippen LogP contribution in [0.5, 0.6) is 11.5 Å². The van der Waals surface area contributed by atoms with Gasteiger partial charge in [0.1, 0.15) is 5.76 Å². The van der Waals surface area contributed by atoms with E-state index in [4.69, 9.17) is 9.47 Å². The van der Waals surface area contributed by atoms with Crippen molar-refractivity contribution in [1.82, 2.24) is 0 Å². The number of benzene rings is 3. The number of aliphatic hydroxyl groups is 1. The summed E-state index contributed by atoms with van der Waals surface area (Å²) in [6.45, 7) is 0. The van der Waals surface area contributed by atoms with Crippen LogP contribution in [0, 0.1) is 0 Å². The van der Waals surface area contributed by atoms with Gasteiger partial charge in [0.2, 0.25) is 0 Å². The van der Waals surface area contributed by atoms with Gasteiger partial charge in [-0.05, 0) is 48.0 Å². The molecule has 178 valence electrons. The third-order valence-corrected chi connectivity index (χ3v) is 6.19. The molecule has 1 amide bonds. The normalized spacial score (nSPS) is 16.9. The van der Waals surface area contributed by atoms with Crippen molar-refractivity contribution in [1.29, 1.82) is 0 Å². The molecule has 1 saturated heterocycles. The molecule has 3 aromatic carbocycles. The van der Waals surface area contributed by atoms with E-state index in [2.05, 4.69) is 15.9 Å². The van der Waals surface area contributed by atoms with E-state index in [9.17, 15) is 24.6 Å². The van der Waals surface area contributed by atoms with Gasteiger partial charge in [-0.15, -0.1) is 0 Å². The highest BCUT2D eigenvalue weighted by Gasteiger charge is 2.47. The zero-order chi connectivity index (χ0) is 25.3. The van der Waals surface area contributed by atoms with E-state index in [0.717, 1.165) is 4.47 Å². The van der Waals surface area contributed by atoms with Crippen LogP contribution in [0.3, 0.4) is 0 Å². The van der Waals surface area contributed by atoms with E-state index in [1.54, 1.807) is 42.5 Å². The van der Waals surface area contributed by atoms with Crippen LogP contribution in [0.25, 0.3) is 5.76 Å². The maximum Gasteiger partial charge on any atom is 0.335 e. The molecule has 8 nitrogen and oxygen atoms in total. The van der Waals surface area contributed by atoms with Crippen LogP contribution in [0.1, 0.15) is 27.5 Å². The van der Waals surface area contributed by atoms with Crippen LogP contribution in [-0.4, -0.2) is 42.1 Å². The Hall–Kier alpha value is -4.11. The number of ketones is 1. The molecule has 0 aromatic heterocycles. The highest BCUT2D eigenvalue weighted by molar-refractivity contribution is 9.10. The fraction of sp³-hybridized carbons (Fsp3) is 0.115. The molecular weight excluding hydrogens is 518 g/mol. The minimum absolute atomic E-state index is 0.0524. The molecule has 2 N–H and O–H groups in total. The summed E-state index contributed by atoms with van der Waals surface area (Å²) in [6.07, 6.45) is 0. The van der Waals surface area contributed by atoms with Crippen molar-refractivity contribution in [2.24, 2.45) is 0 Å². The molecule has 3 aromatic rings. The van der Waals surface area contributed by atoms with Crippen LogP contribution >= 0.6 is 15.9 Å². The zero-order valence-electron chi connectivity index (χ0n) is 18.7. The summed E-state index contributed by atoms with van der Waals surface area (Å²) >= 11 is 3.34. The SMILES string of the molecule is COc1ccc([C@@H]2C(=C(O)c3ccc(Br)cc3)C(=O)C(=O)N2c2cccc(C(=O)O)c2)cc1OC. The Bertz CT molecular complexity index is 1360. The minimum Gasteiger partial charge on any atom is -0.507 e. The summed E-state index contributed by atoms with van der Waals surface area (Å²) in [4.78, 5) is 39.3. The second-order valence-electron chi connectivity index (χ2n) is 7.65. The van der Waals surface area contributed by atoms with Crippen molar-refractivity contribution in [3.63, 3.8) is 0 Å². The number of ether oxygens (including phenoxy) is 2. The number of carboxylic acid groups (broad SMARTS) is 1. The second kappa shape index (κ2) is 9.63. The number of aromatic carboxylic acids is 1. The van der Waals surface area contributed by atoms with Gasteiger partial charge in [0.15, 0.2) is 11.5 Å². The number of hydrogen-bond donors (Lipinski definition) is 2. The molecule has 35 heavy (non-hydrogen) atoms. The van der Waals surface area contributed by atoms with Gasteiger partial charge in [0, 0.05) is 15.7 Å². The highest BCUT2D eigenvalue weighted by Crippen LogP contribution is 2.44. The average Bonchev–Trinajstić information content (AvgIpc) is 3.13. The number of nitrogens with zero attached hydrogens (tertiary/aromatic N) is 1. The van der Waals surface area contributed by atoms with E-state index in [1.807, 2.05) is 0 Å². The molecule has 1 aliphatic rings. The molecule has 0 radical (unpaired) electrons. The molecule has 0 spiro atoms. The molecule has 0 saturated carbocycles. The molecule has 1 atom stereocenters. The lowest BCUT2D eigenvalue weighted by molar-refractivity contribution is -0.132. The molecule has 1 aliphatic heterocycles. The lowest BCUT2D eigenvalue weighted by Gasteiger charge is -2.26. The fourth-order valence-electron chi connectivity index (χ4n) is 3.99. The monoisotopic (exact) mass is 537 g/mol. The van der Waals surface area contributed by atoms with E-state index in [-0.39, 0.29) is 22.6 Å². The zero-order valence-corrected chi connectivity index (χ0v) is 20.3. The Kier molecular flexibility index (Phi) is 6.61. The van der Waals surface area contributed by atoms with Gasteiger partial charge < -0.3 is 19.7 Å². The van der Waals surface area contributed by atoms with Gasteiger partial charge in [0.25, 0.3) is 11.7 Å². The Balaban J connectivity index is 1.98. The first kappa shape index (κ1) is 24.0. The summed E-state index contributed by atoms with van der Waals surface area (Å²) in [7, 11) is 2.94. The number of halogens is 1. The Labute approximate surface area is 209 Å². The molecule has 4 rings (SSSR count). The van der Waals surface area contributed by atoms with Crippen LogP contribution < -0.4 is 14.4 Å². The Morgan fingerprint density at radius 1 is 0.886 bits per heavy atom. The molecule has 1 fully saturated rings. The summed E-state index contributed by atoms with van der Waals surface area (Å²) in [5.74, 6) is -2.53. The van der Waals surface area contributed by atoms with E-state index in [0.29, 0.717) is 22.6 Å². The van der Waals surface area contributed by atoms with Gasteiger partial charge in [-0.3, -0.25) is 14.5 Å². The standard InChI is InChI=1S/C26H20BrNO7/c1-34-19-11-8-15(13-20(19)35-2)22-21(23(29)14-6-9-17(27)10-7-14)24(30)25(31)28(22)18-5-3-4-16(12-18)26(32)33/h3-13,22,29H,1-2H3,(H,32,33)/t22-/m1/s1. The number of amides is 1. The fourth-order valence-corrected chi connectivity index (χ4v) is 4.25. The molecule has 0 unspecified atom stereocenters. The topological polar surface area (TPSA) is 113 Å². The smallest absolute Gasteiger partial charge is 0.335 e. The lowest BCUT2D eigenvalue weighted by atomic mass is 9.94. The van der Waals surface area contributed by atoms with Gasteiger partial charge in [-0.1, -0.05) is 40.2 Å². The molecule has 9 heteroatoms. The first-order valence-corrected chi connectivity index (χ1v) is 11.2. The van der Waals surface area contributed by atoms with Crippen LogP contribution in [-0.2, 0) is 9.59 Å². The molecule has 1 heterocycles. The van der Waals surface area contributed by atoms with Gasteiger partial charge >= 0.3 is 5.97 Å². The predicted octanol–water partition coefficient (Wildman–Crippen LogP) is 4.79. The molecule has 0 aliphatic carbocycles. The number of Topliss-reactive ketones (excluding diaryl/α,β-unsaturated/α-hetero) is 1. The Morgan fingerprint density at radius 2 is 1.57 bits per heavy atom. The van der Waals surface area contributed by atoms with Crippen molar-refractivity contribution in [3.8, 4) is 11.5 Å². The number of hydrogen-bond acceptors (Lipinski definition) is 6. The van der Waals surface area contributed by atoms with E-state index in [1.165, 1.54) is 43.4 Å². The third-order valence-electron chi connectivity index (χ3n) is 5.66. The maximum absolute atomic E-state index is 13.3. The quantitative estimate of drug-likeness (QED) is 0.264. The largest absolute Gasteiger partial charge is 0.507 e. The summed E-state index contributed by atoms with van der Waals surface area (Å²) < 4.78 is 11.5. The van der Waals surface area contributed by atoms with Crippen molar-refractivity contribution < 1.29 is 34.1 Å². The molecular formula is C26H20BrNO7. The average molecular weight is 538 g/mol. The van der Waals surface area contributed by atoms with Crippen LogP contribution in [0.4, 0.5) is 5.69 Å². The molecule has 0 bridgehead atoms. The number of anilines is 1. The minimum atomic E-state index is -1.18. The summed E-state index contributed by atoms with van der Waals surface area (Å²) in [6, 6.07) is 16.2. The highest BCUT2D eigenvalue weighted by atomic mass is 79.9. The van der Waals surface area contributed by atoms with Crippen molar-refractivity contribution >= 4 is 45.0 Å². The third kappa shape index (κ3) is 4.38. The maximum atomic E-state index is 13.3. The summed E-state index contributed by atoms with van der Waals surface area (Å²) in [5, 5.41) is 20.6. The van der Waals surface area contributed by atoms with Crippen LogP contribution in [0.2, 0.25) is 0 Å². The first-order chi connectivity index (χ1) is 16.8. The predicted molar refractivity (Wildman–Crippen MR) is 132 cm³/mol. The van der Waals surface area contributed by atoms with Crippen LogP contribution in [0.15, 0.2) is 76.8 Å². The number of carbonyl (C=O) groups excluding carboxylic acids is 2. The second-order valence-corrected chi connectivity index (χ2v) is 8.56. The summed E-state index contributed by atoms with van der Waals surface area (Å²) in [5.41, 5.74) is 0.812. The number of aliphatic hydroxyl groups excluding tert-OH is 1. The van der Waals surface area contributed by atoms with Crippen molar-refractivity contribution in [3.05, 3.63) is 93.5 Å². The van der Waals surface area contributed by atoms with Gasteiger partial charge in [-0.25, -0.2) is 4.79 Å². The van der Waals surface area contributed by atoms with E-state index >= 15 is 0 Å².